The van der Waals surface area contributed by atoms with Gasteiger partial charge in [-0.3, -0.25) is 9.59 Å². The predicted molar refractivity (Wildman–Crippen MR) is 112 cm³/mol. The van der Waals surface area contributed by atoms with Crippen LogP contribution in [0.2, 0.25) is 0 Å². The molecule has 1 atom stereocenters. The maximum absolute atomic E-state index is 13.4. The second-order valence-corrected chi connectivity index (χ2v) is 7.25. The molecule has 1 aliphatic rings. The fourth-order valence-corrected chi connectivity index (χ4v) is 3.66. The molecule has 3 rings (SSSR count). The summed E-state index contributed by atoms with van der Waals surface area (Å²) < 4.78 is 0. The Labute approximate surface area is 171 Å². The normalized spacial score (nSPS) is 20.7. The Balaban J connectivity index is 2.06. The van der Waals surface area contributed by atoms with Crippen LogP contribution in [0, 0.1) is 11.3 Å². The van der Waals surface area contributed by atoms with Gasteiger partial charge in [-0.1, -0.05) is 54.6 Å². The number of piperazine rings is 1. The van der Waals surface area contributed by atoms with E-state index < -0.39 is 5.54 Å². The average molecular weight is 385 g/mol. The summed E-state index contributed by atoms with van der Waals surface area (Å²) in [6.07, 6.45) is 2.01. The molecule has 29 heavy (non-hydrogen) atoms. The lowest BCUT2D eigenvalue weighted by atomic mass is 9.86. The number of hydrogen-bond donors (Lipinski definition) is 1. The van der Waals surface area contributed by atoms with E-state index in [0.717, 1.165) is 5.56 Å². The van der Waals surface area contributed by atoms with Gasteiger partial charge in [0.2, 0.25) is 0 Å². The number of carbonyl (C=O) groups excluding carboxylic acids is 2. The van der Waals surface area contributed by atoms with E-state index in [1.54, 1.807) is 49.1 Å². The van der Waals surface area contributed by atoms with E-state index in [9.17, 15) is 14.9 Å². The van der Waals surface area contributed by atoms with Crippen LogP contribution in [0.25, 0.3) is 5.57 Å². The van der Waals surface area contributed by atoms with Gasteiger partial charge in [-0.2, -0.15) is 5.26 Å². The van der Waals surface area contributed by atoms with Crippen LogP contribution in [0.1, 0.15) is 30.5 Å². The molecule has 5 heteroatoms. The first-order valence-corrected chi connectivity index (χ1v) is 9.41. The maximum Gasteiger partial charge on any atom is 0.271 e. The highest BCUT2D eigenvalue weighted by Gasteiger charge is 2.47. The van der Waals surface area contributed by atoms with Crippen LogP contribution in [-0.4, -0.2) is 28.8 Å². The van der Waals surface area contributed by atoms with Crippen LogP contribution in [0.15, 0.2) is 72.9 Å². The molecule has 2 aromatic rings. The van der Waals surface area contributed by atoms with E-state index >= 15 is 0 Å². The zero-order valence-electron chi connectivity index (χ0n) is 16.6. The Hall–Kier alpha value is -3.65. The topological polar surface area (TPSA) is 73.2 Å². The Morgan fingerprint density at radius 2 is 1.83 bits per heavy atom. The minimum atomic E-state index is -1.05. The highest BCUT2D eigenvalue weighted by molar-refractivity contribution is 6.11. The lowest BCUT2D eigenvalue weighted by molar-refractivity contribution is -0.148. The van der Waals surface area contributed by atoms with Gasteiger partial charge < -0.3 is 10.2 Å². The average Bonchev–Trinajstić information content (AvgIpc) is 2.74. The molecule has 1 saturated heterocycles. The molecule has 0 aromatic heterocycles. The van der Waals surface area contributed by atoms with Crippen LogP contribution < -0.4 is 5.32 Å². The van der Waals surface area contributed by atoms with Crippen molar-refractivity contribution in [3.63, 3.8) is 0 Å². The molecule has 2 aromatic carbocycles. The zero-order chi connectivity index (χ0) is 21.0. The Kier molecular flexibility index (Phi) is 5.65. The van der Waals surface area contributed by atoms with Gasteiger partial charge in [0, 0.05) is 13.0 Å². The fraction of sp³-hybridized carbons (Fsp3) is 0.208. The van der Waals surface area contributed by atoms with Gasteiger partial charge in [0.15, 0.2) is 0 Å². The molecule has 0 spiro atoms. The predicted octanol–water partition coefficient (Wildman–Crippen LogP) is 3.44. The molecule has 0 bridgehead atoms. The number of rotatable bonds is 5. The summed E-state index contributed by atoms with van der Waals surface area (Å²) in [5.41, 5.74) is 1.76. The van der Waals surface area contributed by atoms with Crippen LogP contribution in [-0.2, 0) is 16.0 Å². The van der Waals surface area contributed by atoms with Gasteiger partial charge in [0.05, 0.1) is 11.6 Å². The first-order valence-electron chi connectivity index (χ1n) is 9.41. The number of benzene rings is 2. The lowest BCUT2D eigenvalue weighted by Gasteiger charge is -2.44. The van der Waals surface area contributed by atoms with Crippen molar-refractivity contribution in [1.82, 2.24) is 10.2 Å². The van der Waals surface area contributed by atoms with Crippen LogP contribution in [0.5, 0.6) is 0 Å². The largest absolute Gasteiger partial charge is 0.319 e. The summed E-state index contributed by atoms with van der Waals surface area (Å²) in [5.74, 6) is -0.542. The van der Waals surface area contributed by atoms with Crippen molar-refractivity contribution < 1.29 is 9.59 Å². The number of hydrogen-bond acceptors (Lipinski definition) is 3. The third-order valence-electron chi connectivity index (χ3n) is 5.31. The molecule has 0 saturated carbocycles. The van der Waals surface area contributed by atoms with E-state index in [-0.39, 0.29) is 24.1 Å². The second-order valence-electron chi connectivity index (χ2n) is 7.25. The fourth-order valence-electron chi connectivity index (χ4n) is 3.66. The van der Waals surface area contributed by atoms with E-state index in [1.807, 2.05) is 30.3 Å². The molecule has 1 unspecified atom stereocenters. The highest BCUT2D eigenvalue weighted by Crippen LogP contribution is 2.31. The van der Waals surface area contributed by atoms with Crippen molar-refractivity contribution in [2.75, 3.05) is 6.54 Å². The summed E-state index contributed by atoms with van der Waals surface area (Å²) in [6.45, 7) is 7.52. The Morgan fingerprint density at radius 3 is 2.48 bits per heavy atom. The summed E-state index contributed by atoms with van der Waals surface area (Å²) in [7, 11) is 0. The maximum atomic E-state index is 13.4. The molecule has 0 aliphatic carbocycles. The van der Waals surface area contributed by atoms with Crippen molar-refractivity contribution in [1.29, 1.82) is 5.26 Å². The SMILES string of the molecule is C=CCN1C(=O)C(=C(C)c2ccccc2C#N)NC(=O)C1(C)Cc1ccccc1. The van der Waals surface area contributed by atoms with E-state index in [0.29, 0.717) is 23.1 Å². The molecule has 146 valence electrons. The number of nitriles is 1. The van der Waals surface area contributed by atoms with E-state index in [1.165, 1.54) is 0 Å². The molecule has 2 amide bonds. The third-order valence-corrected chi connectivity index (χ3v) is 5.31. The van der Waals surface area contributed by atoms with Gasteiger partial charge in [-0.05, 0) is 36.6 Å². The van der Waals surface area contributed by atoms with E-state index in [4.69, 9.17) is 0 Å². The van der Waals surface area contributed by atoms with Crippen molar-refractivity contribution >= 4 is 17.4 Å². The Morgan fingerprint density at radius 1 is 1.17 bits per heavy atom. The first-order chi connectivity index (χ1) is 13.9. The summed E-state index contributed by atoms with van der Waals surface area (Å²) in [5, 5.41) is 12.2. The zero-order valence-corrected chi connectivity index (χ0v) is 16.6. The molecule has 1 fully saturated rings. The van der Waals surface area contributed by atoms with Crippen LogP contribution in [0.3, 0.4) is 0 Å². The molecule has 5 nitrogen and oxygen atoms in total. The van der Waals surface area contributed by atoms with Crippen LogP contribution in [0.4, 0.5) is 0 Å². The lowest BCUT2D eigenvalue weighted by Crippen LogP contribution is -2.65. The molecule has 0 radical (unpaired) electrons. The minimum Gasteiger partial charge on any atom is -0.319 e. The van der Waals surface area contributed by atoms with Crippen LogP contribution >= 0.6 is 0 Å². The molecule has 1 N–H and O–H groups in total. The molecule has 1 heterocycles. The minimum absolute atomic E-state index is 0.199. The van der Waals surface area contributed by atoms with Crippen molar-refractivity contribution in [3.05, 3.63) is 89.6 Å². The number of amides is 2. The van der Waals surface area contributed by atoms with Gasteiger partial charge in [-0.25, -0.2) is 0 Å². The number of nitrogens with zero attached hydrogens (tertiary/aromatic N) is 2. The second kappa shape index (κ2) is 8.15. The van der Waals surface area contributed by atoms with Crippen molar-refractivity contribution in [3.8, 4) is 6.07 Å². The quantitative estimate of drug-likeness (QED) is 0.633. The molecular weight excluding hydrogens is 362 g/mol. The smallest absolute Gasteiger partial charge is 0.271 e. The molecular formula is C24H23N3O2. The number of nitrogens with one attached hydrogen (secondary N) is 1. The standard InChI is InChI=1S/C24H23N3O2/c1-4-14-27-22(28)21(17(2)20-13-9-8-12-19(20)16-25)26-23(29)24(27,3)15-18-10-6-5-7-11-18/h4-13H,1,14-15H2,2-3H3,(H,26,29). The summed E-state index contributed by atoms with van der Waals surface area (Å²) in [6, 6.07) is 18.8. The third kappa shape index (κ3) is 3.70. The monoisotopic (exact) mass is 385 g/mol. The van der Waals surface area contributed by atoms with Gasteiger partial charge in [0.1, 0.15) is 11.2 Å². The Bertz CT molecular complexity index is 1030. The van der Waals surface area contributed by atoms with Crippen molar-refractivity contribution in [2.45, 2.75) is 25.8 Å². The number of carbonyl (C=O) groups is 2. The molecule has 1 aliphatic heterocycles. The van der Waals surface area contributed by atoms with Gasteiger partial charge >= 0.3 is 0 Å². The van der Waals surface area contributed by atoms with Gasteiger partial charge in [-0.15, -0.1) is 6.58 Å². The summed E-state index contributed by atoms with van der Waals surface area (Å²) in [4.78, 5) is 28.2. The highest BCUT2D eigenvalue weighted by atomic mass is 16.2. The first kappa shape index (κ1) is 20.1. The number of allylic oxidation sites excluding steroid dienone is 1. The van der Waals surface area contributed by atoms with E-state index in [2.05, 4.69) is 18.0 Å². The summed E-state index contributed by atoms with van der Waals surface area (Å²) >= 11 is 0. The van der Waals surface area contributed by atoms with Gasteiger partial charge in [0.25, 0.3) is 11.8 Å². The van der Waals surface area contributed by atoms with Crippen molar-refractivity contribution in [2.24, 2.45) is 0 Å².